The molecule has 0 radical (unpaired) electrons. The first-order valence-corrected chi connectivity index (χ1v) is 17.7. The molecule has 0 saturated carbocycles. The molecule has 2 amide bonds. The molecule has 1 aliphatic rings. The molecule has 16 nitrogen and oxygen atoms in total. The van der Waals surface area contributed by atoms with Crippen LogP contribution in [0.3, 0.4) is 0 Å². The number of nitrogens with two attached hydrogens (primary N) is 2. The van der Waals surface area contributed by atoms with Crippen LogP contribution in [0.2, 0.25) is 0 Å². The molecule has 0 aliphatic carbocycles. The highest BCUT2D eigenvalue weighted by Crippen LogP contribution is 2.19. The van der Waals surface area contributed by atoms with Crippen LogP contribution in [-0.2, 0) is 52.7 Å². The van der Waals surface area contributed by atoms with E-state index in [1.165, 1.54) is 0 Å². The van der Waals surface area contributed by atoms with E-state index in [0.717, 1.165) is 30.9 Å². The van der Waals surface area contributed by atoms with E-state index >= 15 is 0 Å². The van der Waals surface area contributed by atoms with E-state index in [2.05, 4.69) is 41.8 Å². The van der Waals surface area contributed by atoms with Crippen molar-refractivity contribution in [3.05, 3.63) is 11.4 Å². The van der Waals surface area contributed by atoms with E-state index in [4.69, 9.17) is 35.4 Å². The number of ether oxygens (including phenoxy) is 5. The number of amides is 2. The molecule has 1 aromatic rings. The van der Waals surface area contributed by atoms with Crippen LogP contribution < -0.4 is 22.4 Å². The molecular weight excluding hydrogens is 634 g/mol. The number of fused-ring (bicyclic) bond motifs is 1. The van der Waals surface area contributed by atoms with E-state index in [9.17, 15) is 9.59 Å². The van der Waals surface area contributed by atoms with Gasteiger partial charge in [0.15, 0.2) is 0 Å². The van der Waals surface area contributed by atoms with Crippen LogP contribution in [0.4, 0.5) is 0 Å². The average Bonchev–Trinajstić information content (AvgIpc) is 3.39. The molecule has 49 heavy (non-hydrogen) atoms. The zero-order valence-corrected chi connectivity index (χ0v) is 30.8. The standard InChI is InChI=1S/C33H65N9O7/c1-27(24-49-26-33(2,3)25-40(4)35)22-42-30-11-14-41(23-28(45-5)21-29(30)38-39-42)32(44)10-6-9-31(43)36-12-7-15-46-17-19-48-20-18-47-16-8-13-37-34/h27-28,37H,6-26,34-35H2,1-5H3,(H,36,43). The van der Waals surface area contributed by atoms with Gasteiger partial charge in [-0.1, -0.05) is 26.0 Å². The Labute approximate surface area is 293 Å². The summed E-state index contributed by atoms with van der Waals surface area (Å²) in [7, 11) is 3.52. The third-order valence-electron chi connectivity index (χ3n) is 8.06. The van der Waals surface area contributed by atoms with Crippen molar-refractivity contribution in [1.29, 1.82) is 0 Å². The first-order chi connectivity index (χ1) is 23.5. The Kier molecular flexibility index (Phi) is 21.7. The van der Waals surface area contributed by atoms with Gasteiger partial charge in [-0.2, -0.15) is 0 Å². The van der Waals surface area contributed by atoms with E-state index in [0.29, 0.717) is 118 Å². The lowest BCUT2D eigenvalue weighted by atomic mass is 9.95. The Morgan fingerprint density at radius 1 is 1.02 bits per heavy atom. The van der Waals surface area contributed by atoms with Gasteiger partial charge in [-0.3, -0.25) is 26.7 Å². The molecule has 0 fully saturated rings. The molecule has 1 aromatic heterocycles. The number of methoxy groups -OCH3 is 1. The molecule has 0 aromatic carbocycles. The first-order valence-electron chi connectivity index (χ1n) is 17.7. The molecule has 2 atom stereocenters. The second-order valence-electron chi connectivity index (χ2n) is 13.7. The summed E-state index contributed by atoms with van der Waals surface area (Å²) in [6.07, 6.45) is 3.72. The van der Waals surface area contributed by atoms with Crippen LogP contribution >= 0.6 is 0 Å². The maximum Gasteiger partial charge on any atom is 0.222 e. The molecule has 16 heteroatoms. The zero-order chi connectivity index (χ0) is 35.9. The summed E-state index contributed by atoms with van der Waals surface area (Å²) in [5, 5.41) is 13.5. The Morgan fingerprint density at radius 2 is 1.69 bits per heavy atom. The van der Waals surface area contributed by atoms with Gasteiger partial charge in [-0.05, 0) is 25.2 Å². The first kappa shape index (κ1) is 42.9. The van der Waals surface area contributed by atoms with Gasteiger partial charge < -0.3 is 33.9 Å². The molecule has 2 unspecified atom stereocenters. The number of carbonyl (C=O) groups excluding carboxylic acids is 2. The van der Waals surface area contributed by atoms with Crippen molar-refractivity contribution in [2.75, 3.05) is 99.7 Å². The molecule has 2 heterocycles. The van der Waals surface area contributed by atoms with Crippen LogP contribution in [0.25, 0.3) is 0 Å². The molecule has 0 saturated heterocycles. The van der Waals surface area contributed by atoms with Gasteiger partial charge in [0.25, 0.3) is 0 Å². The van der Waals surface area contributed by atoms with Gasteiger partial charge in [-0.15, -0.1) is 5.10 Å². The van der Waals surface area contributed by atoms with Gasteiger partial charge in [0.1, 0.15) is 0 Å². The average molecular weight is 700 g/mol. The summed E-state index contributed by atoms with van der Waals surface area (Å²) < 4.78 is 30.2. The minimum atomic E-state index is -0.183. The molecular formula is C33H65N9O7. The van der Waals surface area contributed by atoms with Crippen LogP contribution in [0.15, 0.2) is 0 Å². The van der Waals surface area contributed by atoms with Gasteiger partial charge in [0.2, 0.25) is 11.8 Å². The lowest BCUT2D eigenvalue weighted by Crippen LogP contribution is -2.42. The highest BCUT2D eigenvalue weighted by atomic mass is 16.5. The fraction of sp³-hybridized carbons (Fsp3) is 0.879. The monoisotopic (exact) mass is 700 g/mol. The molecule has 284 valence electrons. The topological polar surface area (TPSA) is 194 Å². The molecule has 0 bridgehead atoms. The highest BCUT2D eigenvalue weighted by molar-refractivity contribution is 5.79. The second-order valence-corrected chi connectivity index (χ2v) is 13.7. The summed E-state index contributed by atoms with van der Waals surface area (Å²) in [5.41, 5.74) is 4.49. The number of aromatic nitrogens is 3. The second kappa shape index (κ2) is 24.8. The quantitative estimate of drug-likeness (QED) is 0.0557. The van der Waals surface area contributed by atoms with Gasteiger partial charge in [0.05, 0.1) is 57.1 Å². The van der Waals surface area contributed by atoms with Gasteiger partial charge in [0, 0.05) is 97.7 Å². The van der Waals surface area contributed by atoms with Crippen molar-refractivity contribution in [2.24, 2.45) is 23.0 Å². The molecule has 6 N–H and O–H groups in total. The van der Waals surface area contributed by atoms with Crippen LogP contribution in [0.5, 0.6) is 0 Å². The van der Waals surface area contributed by atoms with Gasteiger partial charge in [-0.25, -0.2) is 9.69 Å². The molecule has 2 rings (SSSR count). The van der Waals surface area contributed by atoms with Crippen molar-refractivity contribution in [1.82, 2.24) is 35.6 Å². The Bertz CT molecular complexity index is 1040. The number of carbonyl (C=O) groups is 2. The fourth-order valence-corrected chi connectivity index (χ4v) is 5.66. The summed E-state index contributed by atoms with van der Waals surface area (Å²) in [6, 6.07) is 0. The summed E-state index contributed by atoms with van der Waals surface area (Å²) in [6.45, 7) is 14.6. The van der Waals surface area contributed by atoms with Crippen molar-refractivity contribution in [2.45, 2.75) is 78.4 Å². The minimum Gasteiger partial charge on any atom is -0.380 e. The predicted octanol–water partition coefficient (Wildman–Crippen LogP) is 0.285. The van der Waals surface area contributed by atoms with Crippen LogP contribution in [-0.4, -0.2) is 143 Å². The Hall–Kier alpha value is -2.28. The number of nitrogens with zero attached hydrogens (tertiary/aromatic N) is 5. The molecule has 1 aliphatic heterocycles. The third kappa shape index (κ3) is 19.1. The summed E-state index contributed by atoms with van der Waals surface area (Å²) >= 11 is 0. The number of nitrogens with one attached hydrogen (secondary N) is 2. The van der Waals surface area contributed by atoms with E-state index in [1.807, 2.05) is 16.6 Å². The SMILES string of the molecule is COC1Cc2nnn(CC(C)COCC(C)(C)CN(C)N)c2CCN(C(=O)CCCC(=O)NCCCOCCOCCOCCCNN)C1. The van der Waals surface area contributed by atoms with Crippen molar-refractivity contribution < 1.29 is 33.3 Å². The fourth-order valence-electron chi connectivity index (χ4n) is 5.66. The summed E-state index contributed by atoms with van der Waals surface area (Å²) in [4.78, 5) is 27.4. The minimum absolute atomic E-state index is 0.0240. The van der Waals surface area contributed by atoms with E-state index in [-0.39, 0.29) is 29.3 Å². The van der Waals surface area contributed by atoms with E-state index in [1.54, 1.807) is 12.1 Å². The zero-order valence-electron chi connectivity index (χ0n) is 30.8. The Balaban J connectivity index is 1.65. The Morgan fingerprint density at radius 3 is 2.35 bits per heavy atom. The predicted molar refractivity (Wildman–Crippen MR) is 186 cm³/mol. The van der Waals surface area contributed by atoms with Crippen LogP contribution in [0, 0.1) is 11.3 Å². The lowest BCUT2D eigenvalue weighted by Gasteiger charge is -2.29. The third-order valence-corrected chi connectivity index (χ3v) is 8.06. The van der Waals surface area contributed by atoms with E-state index < -0.39 is 0 Å². The number of hydrogen-bond acceptors (Lipinski definition) is 13. The number of hydrogen-bond donors (Lipinski definition) is 4. The van der Waals surface area contributed by atoms with Gasteiger partial charge >= 0.3 is 0 Å². The number of hydrazine groups is 2. The maximum atomic E-state index is 13.2. The highest BCUT2D eigenvalue weighted by Gasteiger charge is 2.27. The molecule has 0 spiro atoms. The summed E-state index contributed by atoms with van der Waals surface area (Å²) in [5.74, 6) is 11.2. The van der Waals surface area contributed by atoms with Crippen molar-refractivity contribution in [3.63, 3.8) is 0 Å². The van der Waals surface area contributed by atoms with Crippen LogP contribution in [0.1, 0.15) is 64.3 Å². The van der Waals surface area contributed by atoms with Crippen molar-refractivity contribution >= 4 is 11.8 Å². The smallest absolute Gasteiger partial charge is 0.222 e. The lowest BCUT2D eigenvalue weighted by molar-refractivity contribution is -0.133. The number of rotatable bonds is 27. The maximum absolute atomic E-state index is 13.2. The van der Waals surface area contributed by atoms with Crippen molar-refractivity contribution in [3.8, 4) is 0 Å². The largest absolute Gasteiger partial charge is 0.380 e. The normalized spacial score (nSPS) is 16.0.